The summed E-state index contributed by atoms with van der Waals surface area (Å²) >= 11 is -1.65. The van der Waals surface area contributed by atoms with Crippen LogP contribution in [0.4, 0.5) is 0 Å². The van der Waals surface area contributed by atoms with E-state index in [1.54, 1.807) is 0 Å². The molecule has 500 valence electrons. The molecule has 12 aromatic rings. The first-order valence-electron chi connectivity index (χ1n) is 34.7. The van der Waals surface area contributed by atoms with Gasteiger partial charge in [0.1, 0.15) is 0 Å². The molecule has 8 heteroatoms. The minimum atomic E-state index is -0.826. The Labute approximate surface area is 623 Å². The number of halogens is 4. The molecule has 0 fully saturated rings. The van der Waals surface area contributed by atoms with E-state index in [1.165, 1.54) is 209 Å². The summed E-state index contributed by atoms with van der Waals surface area (Å²) in [6.45, 7) is 30.9. The van der Waals surface area contributed by atoms with E-state index in [4.69, 9.17) is 34.1 Å². The quantitative estimate of drug-likeness (QED) is 0.0456. The van der Waals surface area contributed by atoms with Gasteiger partial charge in [-0.3, -0.25) is 0 Å². The fourth-order valence-electron chi connectivity index (χ4n) is 12.2. The summed E-state index contributed by atoms with van der Waals surface area (Å²) in [6.07, 6.45) is 15.5. The Balaban J connectivity index is 0.000000219. The molecule has 12 aromatic carbocycles. The third-order valence-electron chi connectivity index (χ3n) is 17.6. The van der Waals surface area contributed by atoms with E-state index >= 15 is 0 Å². The van der Waals surface area contributed by atoms with E-state index in [0.717, 1.165) is 19.0 Å². The van der Waals surface area contributed by atoms with Crippen molar-refractivity contribution in [2.75, 3.05) is 0 Å². The molecule has 12 rings (SSSR count). The summed E-state index contributed by atoms with van der Waals surface area (Å²) in [4.78, 5) is 0. The molecule has 4 radical (unpaired) electrons. The first-order valence-corrected chi connectivity index (χ1v) is 51.4. The van der Waals surface area contributed by atoms with Gasteiger partial charge in [0, 0.05) is 19.0 Å². The summed E-state index contributed by atoms with van der Waals surface area (Å²) in [5, 5.41) is 10.8. The van der Waals surface area contributed by atoms with Crippen molar-refractivity contribution < 1.29 is 41.7 Å². The van der Waals surface area contributed by atoms with Gasteiger partial charge in [0.05, 0.1) is 0 Å². The normalized spacial score (nSPS) is 11.0. The van der Waals surface area contributed by atoms with Crippen molar-refractivity contribution in [3.8, 4) is 44.5 Å². The molecular weight excluding hydrogens is 1440 g/mol. The van der Waals surface area contributed by atoms with Gasteiger partial charge < -0.3 is 0 Å². The van der Waals surface area contributed by atoms with Crippen molar-refractivity contribution >= 4 is 96.2 Å². The molecule has 0 saturated heterocycles. The second kappa shape index (κ2) is 46.1. The molecule has 0 heterocycles. The van der Waals surface area contributed by atoms with Gasteiger partial charge >= 0.3 is 75.7 Å². The van der Waals surface area contributed by atoms with Gasteiger partial charge in [-0.2, -0.15) is 24.3 Å². The zero-order valence-electron chi connectivity index (χ0n) is 59.9. The van der Waals surface area contributed by atoms with Gasteiger partial charge in [0.25, 0.3) is 0 Å². The van der Waals surface area contributed by atoms with E-state index in [0.29, 0.717) is 11.8 Å². The maximum absolute atomic E-state index is 4.93. The van der Waals surface area contributed by atoms with Crippen molar-refractivity contribution in [2.24, 2.45) is 0 Å². The van der Waals surface area contributed by atoms with Crippen molar-refractivity contribution in [3.63, 3.8) is 0 Å². The van der Waals surface area contributed by atoms with E-state index in [2.05, 4.69) is 314 Å². The van der Waals surface area contributed by atoms with Crippen LogP contribution in [-0.4, -0.2) is 19.0 Å². The number of rotatable bonds is 18. The second-order valence-corrected chi connectivity index (χ2v) is 34.8. The molecule has 0 nitrogen and oxygen atoms in total. The van der Waals surface area contributed by atoms with Gasteiger partial charge in [-0.15, -0.1) is 138 Å². The van der Waals surface area contributed by atoms with Crippen LogP contribution < -0.4 is 0 Å². The molecule has 0 amide bonds. The van der Waals surface area contributed by atoms with E-state index in [-0.39, 0.29) is 0 Å². The molecule has 2 atom stereocenters. The monoisotopic (exact) mass is 1540 g/mol. The van der Waals surface area contributed by atoms with Crippen molar-refractivity contribution in [1.82, 2.24) is 0 Å². The van der Waals surface area contributed by atoms with E-state index in [1.807, 2.05) is 0 Å². The predicted molar refractivity (Wildman–Crippen MR) is 430 cm³/mol. The molecule has 96 heavy (non-hydrogen) atoms. The van der Waals surface area contributed by atoms with Gasteiger partial charge in [0.2, 0.25) is 0 Å². The number of hydrogen-bond acceptors (Lipinski definition) is 0. The Kier molecular flexibility index (Phi) is 39.5. The van der Waals surface area contributed by atoms with Crippen LogP contribution >= 0.6 is 34.1 Å². The Hall–Kier alpha value is -4.44. The topological polar surface area (TPSA) is 0 Å². The fraction of sp³-hybridized carbons (Fsp3) is 0.318. The molecule has 0 aliphatic carbocycles. The minimum absolute atomic E-state index is 0.640. The molecule has 0 bridgehead atoms. The fourth-order valence-corrected chi connectivity index (χ4v) is 12.2. The van der Waals surface area contributed by atoms with Gasteiger partial charge in [-0.1, -0.05) is 278 Å². The first-order chi connectivity index (χ1) is 46.6. The van der Waals surface area contributed by atoms with Crippen molar-refractivity contribution in [3.05, 3.63) is 263 Å². The van der Waals surface area contributed by atoms with Crippen LogP contribution in [0.1, 0.15) is 162 Å². The SMILES string of the molecule is CCC(C)c1ccc(-c2cccc3[cH-]c(C)cc23)cc1.CCC(C)c1ccc(-c2cccc3[cH-]c(C)cc23)cc1.CCCCCCc1ccc(-c2cccc3[cH-]c(C)cc23)cc1.CCCCCCc1ccc(-c2cccc3[cH-]c(C)cc23)cc1.C[Si]C.C[Si]C.[Cl][Zr+2][Cl].[Cl][Zr+2][Cl]. The predicted octanol–water partition coefficient (Wildman–Crippen LogP) is 29.7. The van der Waals surface area contributed by atoms with E-state index in [9.17, 15) is 0 Å². The average Bonchev–Trinajstić information content (AvgIpc) is 1.62. The summed E-state index contributed by atoms with van der Waals surface area (Å²) in [5.74, 6) is 1.28. The number of benzene rings is 8. The molecule has 0 saturated carbocycles. The third kappa shape index (κ3) is 26.3. The third-order valence-corrected chi connectivity index (χ3v) is 17.6. The average molecular weight is 1540 g/mol. The number of fused-ring (bicyclic) bond motifs is 4. The van der Waals surface area contributed by atoms with Gasteiger partial charge in [-0.25, -0.2) is 0 Å². The Morgan fingerprint density at radius 3 is 0.781 bits per heavy atom. The summed E-state index contributed by atoms with van der Waals surface area (Å²) < 4.78 is 0. The van der Waals surface area contributed by atoms with Crippen LogP contribution in [-0.2, 0) is 54.5 Å². The molecule has 0 N–H and O–H groups in total. The first kappa shape index (κ1) is 82.2. The van der Waals surface area contributed by atoms with Crippen LogP contribution in [0.15, 0.2) is 218 Å². The molecule has 0 aromatic heterocycles. The second-order valence-electron chi connectivity index (χ2n) is 25.4. The molecule has 2 unspecified atom stereocenters. The summed E-state index contributed by atoms with van der Waals surface area (Å²) in [6, 6.07) is 81.0. The van der Waals surface area contributed by atoms with Crippen molar-refractivity contribution in [2.45, 2.75) is 184 Å². The van der Waals surface area contributed by atoms with Crippen LogP contribution in [0.3, 0.4) is 0 Å². The van der Waals surface area contributed by atoms with Crippen LogP contribution in [0.5, 0.6) is 0 Å². The maximum atomic E-state index is 4.93. The molecule has 0 aliphatic heterocycles. The Morgan fingerprint density at radius 2 is 0.562 bits per heavy atom. The summed E-state index contributed by atoms with van der Waals surface area (Å²) in [5.41, 5.74) is 21.8. The van der Waals surface area contributed by atoms with E-state index < -0.39 is 41.7 Å². The summed E-state index contributed by atoms with van der Waals surface area (Å²) in [7, 11) is 21.9. The standard InChI is InChI=1S/2C22H25.2C20H21.2C2H6Si.4ClH.2Zr/c2*1-3-4-5-6-8-18-11-13-19(14-12-18)21-10-7-9-20-15-17(2)16-22(20)21;2*1-4-15(3)16-8-10-17(11-9-16)19-7-5-6-18-12-14(2)13-20(18)19;2*1-3-2;;;;;;/h2*7,9-16H,3-6,8H2,1-2H3;2*5-13,15H,4H2,1-3H3;2*1-2H3;4*1H;;/q4*-1;;;;;;;2*+4/p-4. The van der Waals surface area contributed by atoms with Crippen molar-refractivity contribution in [1.29, 1.82) is 0 Å². The van der Waals surface area contributed by atoms with Gasteiger partial charge in [0.15, 0.2) is 0 Å². The zero-order valence-corrected chi connectivity index (χ0v) is 69.9. The Bertz CT molecular complexity index is 3790. The Morgan fingerprint density at radius 1 is 0.333 bits per heavy atom. The number of aryl methyl sites for hydroxylation is 6. The van der Waals surface area contributed by atoms with Crippen LogP contribution in [0.25, 0.3) is 87.6 Å². The van der Waals surface area contributed by atoms with Crippen LogP contribution in [0, 0.1) is 27.7 Å². The van der Waals surface area contributed by atoms with Crippen LogP contribution in [0.2, 0.25) is 26.2 Å². The van der Waals surface area contributed by atoms with Gasteiger partial charge in [-0.05, 0) is 94.9 Å². The number of hydrogen-bond donors (Lipinski definition) is 0. The molecule has 0 aliphatic rings. The molecular formula is C88H104Cl4Si2Zr2. The molecule has 0 spiro atoms. The zero-order chi connectivity index (χ0) is 69.8. The number of unbranched alkanes of at least 4 members (excludes halogenated alkanes) is 6.